The number of hydrogen-bond donors (Lipinski definition) is 2. The van der Waals surface area contributed by atoms with Gasteiger partial charge in [0.15, 0.2) is 5.11 Å². The van der Waals surface area contributed by atoms with Crippen molar-refractivity contribution >= 4 is 46.5 Å². The predicted molar refractivity (Wildman–Crippen MR) is 164 cm³/mol. The van der Waals surface area contributed by atoms with Crippen molar-refractivity contribution in [2.75, 3.05) is 47.8 Å². The Balaban J connectivity index is 1.32. The van der Waals surface area contributed by atoms with Crippen LogP contribution in [0.3, 0.4) is 0 Å². The summed E-state index contributed by atoms with van der Waals surface area (Å²) in [4.78, 5) is 14.7. The fourth-order valence-corrected chi connectivity index (χ4v) is 6.64. The van der Waals surface area contributed by atoms with Crippen molar-refractivity contribution in [3.63, 3.8) is 0 Å². The second-order valence-electron chi connectivity index (χ2n) is 11.9. The first kappa shape index (κ1) is 27.4. The number of thiocarbonyl (C=S) groups is 1. The summed E-state index contributed by atoms with van der Waals surface area (Å²) in [5.74, 6) is 4.16. The molecule has 2 aromatic rings. The van der Waals surface area contributed by atoms with Gasteiger partial charge in [0.05, 0.1) is 0 Å². The Morgan fingerprint density at radius 2 is 1.50 bits per heavy atom. The third-order valence-corrected chi connectivity index (χ3v) is 9.46. The summed E-state index contributed by atoms with van der Waals surface area (Å²) in [5, 5.41) is 8.28. The molecule has 1 saturated carbocycles. The van der Waals surface area contributed by atoms with Crippen molar-refractivity contribution in [2.45, 2.75) is 77.0 Å². The molecule has 2 aliphatic heterocycles. The zero-order valence-corrected chi connectivity index (χ0v) is 24.6. The Labute approximate surface area is 238 Å². The van der Waals surface area contributed by atoms with Crippen LogP contribution in [0.4, 0.5) is 17.6 Å². The van der Waals surface area contributed by atoms with E-state index in [4.69, 9.17) is 33.8 Å². The van der Waals surface area contributed by atoms with Crippen molar-refractivity contribution in [1.82, 2.24) is 15.3 Å². The topological polar surface area (TPSA) is 56.3 Å². The Bertz CT molecular complexity index is 1050. The highest BCUT2D eigenvalue weighted by atomic mass is 35.5. The normalized spacial score (nSPS) is 20.8. The first-order valence-electron chi connectivity index (χ1n) is 14.6. The molecule has 206 valence electrons. The van der Waals surface area contributed by atoms with Crippen LogP contribution in [0, 0.1) is 11.8 Å². The summed E-state index contributed by atoms with van der Waals surface area (Å²) in [5.41, 5.74) is 1.34. The van der Waals surface area contributed by atoms with Gasteiger partial charge in [0.25, 0.3) is 0 Å². The van der Waals surface area contributed by atoms with Gasteiger partial charge < -0.3 is 20.4 Å². The maximum atomic E-state index is 6.39. The van der Waals surface area contributed by atoms with Gasteiger partial charge in [0.1, 0.15) is 11.6 Å². The van der Waals surface area contributed by atoms with Gasteiger partial charge in [-0.3, -0.25) is 0 Å². The largest absolute Gasteiger partial charge is 0.361 e. The number of rotatable bonds is 6. The van der Waals surface area contributed by atoms with Crippen LogP contribution in [0.5, 0.6) is 0 Å². The van der Waals surface area contributed by atoms with Gasteiger partial charge in [-0.15, -0.1) is 0 Å². The molecule has 5 rings (SSSR count). The SMILES string of the molecule is CC1CCN(c2cc(N3CCC(C)CC3)nc(NC(=S)NCC3(c4cccc(Cl)c4)CCCCC3)n2)CC1. The van der Waals surface area contributed by atoms with Gasteiger partial charge in [-0.2, -0.15) is 9.97 Å². The summed E-state index contributed by atoms with van der Waals surface area (Å²) in [7, 11) is 0. The molecule has 2 N–H and O–H groups in total. The second-order valence-corrected chi connectivity index (χ2v) is 12.8. The second kappa shape index (κ2) is 12.4. The third-order valence-electron chi connectivity index (χ3n) is 8.97. The highest BCUT2D eigenvalue weighted by molar-refractivity contribution is 7.80. The Kier molecular flexibility index (Phi) is 8.94. The first-order valence-corrected chi connectivity index (χ1v) is 15.4. The first-order chi connectivity index (χ1) is 18.4. The zero-order valence-electron chi connectivity index (χ0n) is 23.0. The lowest BCUT2D eigenvalue weighted by Gasteiger charge is -2.38. The van der Waals surface area contributed by atoms with Crippen LogP contribution in [-0.2, 0) is 5.41 Å². The molecule has 0 unspecified atom stereocenters. The van der Waals surface area contributed by atoms with E-state index in [1.54, 1.807) is 0 Å². The Hall–Kier alpha value is -2.12. The summed E-state index contributed by atoms with van der Waals surface area (Å²) < 4.78 is 0. The lowest BCUT2D eigenvalue weighted by molar-refractivity contribution is 0.292. The van der Waals surface area contributed by atoms with E-state index in [-0.39, 0.29) is 5.41 Å². The van der Waals surface area contributed by atoms with Gasteiger partial charge in [-0.25, -0.2) is 0 Å². The quantitative estimate of drug-likeness (QED) is 0.381. The minimum Gasteiger partial charge on any atom is -0.361 e. The van der Waals surface area contributed by atoms with Gasteiger partial charge in [0, 0.05) is 49.2 Å². The van der Waals surface area contributed by atoms with Crippen LogP contribution >= 0.6 is 23.8 Å². The maximum absolute atomic E-state index is 6.39. The van der Waals surface area contributed by atoms with E-state index < -0.39 is 0 Å². The summed E-state index contributed by atoms with van der Waals surface area (Å²) in [6, 6.07) is 10.5. The summed E-state index contributed by atoms with van der Waals surface area (Å²) >= 11 is 12.2. The van der Waals surface area contributed by atoms with E-state index in [1.807, 2.05) is 6.07 Å². The van der Waals surface area contributed by atoms with Crippen LogP contribution in [0.15, 0.2) is 30.3 Å². The molecule has 3 fully saturated rings. The molecular weight excluding hydrogens is 512 g/mol. The highest BCUT2D eigenvalue weighted by Gasteiger charge is 2.34. The van der Waals surface area contributed by atoms with Crippen LogP contribution in [0.2, 0.25) is 5.02 Å². The molecule has 0 amide bonds. The smallest absolute Gasteiger partial charge is 0.232 e. The van der Waals surface area contributed by atoms with Gasteiger partial charge >= 0.3 is 0 Å². The van der Waals surface area contributed by atoms with Gasteiger partial charge in [-0.05, 0) is 80.3 Å². The maximum Gasteiger partial charge on any atom is 0.232 e. The van der Waals surface area contributed by atoms with E-state index in [9.17, 15) is 0 Å². The molecule has 3 heterocycles. The fourth-order valence-electron chi connectivity index (χ4n) is 6.29. The van der Waals surface area contributed by atoms with Crippen molar-refractivity contribution < 1.29 is 0 Å². The Morgan fingerprint density at radius 1 is 0.921 bits per heavy atom. The zero-order chi connectivity index (χ0) is 26.5. The van der Waals surface area contributed by atoms with Crippen LogP contribution in [0.25, 0.3) is 0 Å². The van der Waals surface area contributed by atoms with E-state index in [0.29, 0.717) is 11.1 Å². The summed E-state index contributed by atoms with van der Waals surface area (Å²) in [6.45, 7) is 9.63. The number of anilines is 3. The molecule has 0 bridgehead atoms. The minimum atomic E-state index is 0.0394. The number of nitrogens with one attached hydrogen (secondary N) is 2. The van der Waals surface area contributed by atoms with Crippen molar-refractivity contribution in [3.05, 3.63) is 40.9 Å². The van der Waals surface area contributed by atoms with Crippen molar-refractivity contribution in [3.8, 4) is 0 Å². The van der Waals surface area contributed by atoms with Crippen molar-refractivity contribution in [2.24, 2.45) is 11.8 Å². The predicted octanol–water partition coefficient (Wildman–Crippen LogP) is 6.79. The number of piperidine rings is 2. The average molecular weight is 555 g/mol. The Morgan fingerprint density at radius 3 is 2.05 bits per heavy atom. The van der Waals surface area contributed by atoms with Crippen LogP contribution in [0.1, 0.15) is 77.2 Å². The van der Waals surface area contributed by atoms with E-state index in [2.05, 4.69) is 58.5 Å². The lowest BCUT2D eigenvalue weighted by atomic mass is 9.69. The summed E-state index contributed by atoms with van der Waals surface area (Å²) in [6.07, 6.45) is 10.8. The third kappa shape index (κ3) is 6.71. The number of aromatic nitrogens is 2. The van der Waals surface area contributed by atoms with E-state index in [1.165, 1.54) is 50.5 Å². The van der Waals surface area contributed by atoms with Crippen LogP contribution < -0.4 is 20.4 Å². The molecule has 6 nitrogen and oxygen atoms in total. The van der Waals surface area contributed by atoms with E-state index >= 15 is 0 Å². The molecule has 0 atom stereocenters. The number of nitrogens with zero attached hydrogens (tertiary/aromatic N) is 4. The monoisotopic (exact) mass is 554 g/mol. The number of halogens is 1. The molecule has 2 saturated heterocycles. The minimum absolute atomic E-state index is 0.0394. The van der Waals surface area contributed by atoms with Crippen molar-refractivity contribution in [1.29, 1.82) is 0 Å². The lowest BCUT2D eigenvalue weighted by Crippen LogP contribution is -2.43. The molecule has 1 aromatic carbocycles. The van der Waals surface area contributed by atoms with Crippen LogP contribution in [-0.4, -0.2) is 47.8 Å². The molecule has 1 aromatic heterocycles. The standard InChI is InChI=1S/C30H43ClN6S/c1-22-9-15-36(16-10-22)26-20-27(37-17-11-23(2)12-18-37)34-28(33-26)35-29(38)32-21-30(13-4-3-5-14-30)24-7-6-8-25(31)19-24/h6-8,19-20,22-23H,3-5,9-18,21H2,1-2H3,(H2,32,33,34,35,38). The average Bonchev–Trinajstić information content (AvgIpc) is 2.93. The molecule has 8 heteroatoms. The molecule has 0 radical (unpaired) electrons. The molecule has 0 spiro atoms. The molecule has 38 heavy (non-hydrogen) atoms. The van der Waals surface area contributed by atoms with Gasteiger partial charge in [0.2, 0.25) is 5.95 Å². The number of benzene rings is 1. The van der Waals surface area contributed by atoms with Gasteiger partial charge in [-0.1, -0.05) is 56.8 Å². The molecule has 3 aliphatic rings. The highest BCUT2D eigenvalue weighted by Crippen LogP contribution is 2.40. The fraction of sp³-hybridized carbons (Fsp3) is 0.633. The molecule has 1 aliphatic carbocycles. The van der Waals surface area contributed by atoms with E-state index in [0.717, 1.165) is 74.1 Å². The molecular formula is C30H43ClN6S. The number of hydrogen-bond acceptors (Lipinski definition) is 5.